The first-order chi connectivity index (χ1) is 18.5. The molecule has 0 bridgehead atoms. The third-order valence-corrected chi connectivity index (χ3v) is 6.82. The van der Waals surface area contributed by atoms with Gasteiger partial charge in [-0.3, -0.25) is 19.3 Å². The fourth-order valence-electron chi connectivity index (χ4n) is 4.48. The Morgan fingerprint density at radius 2 is 0.842 bits per heavy atom. The highest BCUT2D eigenvalue weighted by Gasteiger charge is 2.11. The molecule has 0 aliphatic rings. The second-order valence-electron chi connectivity index (χ2n) is 10.5. The second-order valence-corrected chi connectivity index (χ2v) is 10.5. The van der Waals surface area contributed by atoms with Gasteiger partial charge in [0, 0.05) is 33.5 Å². The average molecular weight is 542 g/mol. The highest BCUT2D eigenvalue weighted by atomic mass is 16.5. The molecule has 38 heavy (non-hydrogen) atoms. The summed E-state index contributed by atoms with van der Waals surface area (Å²) in [7, 11) is 0. The number of nitrogens with zero attached hydrogens (tertiary/aromatic N) is 1. The van der Waals surface area contributed by atoms with Crippen molar-refractivity contribution in [3.63, 3.8) is 0 Å². The molecule has 0 saturated heterocycles. The molecule has 0 aliphatic heterocycles. The van der Waals surface area contributed by atoms with Crippen LogP contribution in [0.15, 0.2) is 0 Å². The largest absolute Gasteiger partial charge is 0.466 e. The van der Waals surface area contributed by atoms with Crippen molar-refractivity contribution in [2.75, 3.05) is 39.5 Å². The third kappa shape index (κ3) is 28.9. The van der Waals surface area contributed by atoms with Crippen LogP contribution in [-0.2, 0) is 28.6 Å². The van der Waals surface area contributed by atoms with E-state index in [0.717, 1.165) is 12.8 Å². The fraction of sp³-hybridized carbons (Fsp3) is 0.903. The molecule has 0 rings (SSSR count). The standard InChI is InChI=1S/C31H59NO6/c1-4-5-6-7-8-9-10-11-12-13-14-15-16-17-18-19-20-21-26-38-31(35)22-23-32(24-27-36-29(2)33)25-28-37-30(3)34/h4-28H2,1-3H3. The second kappa shape index (κ2) is 28.4. The Kier molecular flexibility index (Phi) is 27.2. The summed E-state index contributed by atoms with van der Waals surface area (Å²) in [6.45, 7) is 7.38. The zero-order chi connectivity index (χ0) is 28.1. The molecule has 0 aromatic heterocycles. The van der Waals surface area contributed by atoms with Crippen molar-refractivity contribution in [1.82, 2.24) is 4.90 Å². The van der Waals surface area contributed by atoms with Crippen molar-refractivity contribution in [1.29, 1.82) is 0 Å². The molecule has 0 unspecified atom stereocenters. The van der Waals surface area contributed by atoms with E-state index in [2.05, 4.69) is 6.92 Å². The van der Waals surface area contributed by atoms with Crippen LogP contribution in [0.4, 0.5) is 0 Å². The molecule has 0 heterocycles. The smallest absolute Gasteiger partial charge is 0.307 e. The summed E-state index contributed by atoms with van der Waals surface area (Å²) in [5, 5.41) is 0. The van der Waals surface area contributed by atoms with Gasteiger partial charge in [-0.25, -0.2) is 0 Å². The lowest BCUT2D eigenvalue weighted by molar-refractivity contribution is -0.146. The molecule has 0 aliphatic carbocycles. The molecule has 0 atom stereocenters. The lowest BCUT2D eigenvalue weighted by Gasteiger charge is -2.21. The monoisotopic (exact) mass is 541 g/mol. The van der Waals surface area contributed by atoms with Crippen LogP contribution in [0.2, 0.25) is 0 Å². The van der Waals surface area contributed by atoms with Gasteiger partial charge in [-0.15, -0.1) is 0 Å². The van der Waals surface area contributed by atoms with Crippen LogP contribution in [0.3, 0.4) is 0 Å². The molecule has 0 spiro atoms. The van der Waals surface area contributed by atoms with Gasteiger partial charge in [0.1, 0.15) is 13.2 Å². The van der Waals surface area contributed by atoms with Crippen LogP contribution in [0, 0.1) is 0 Å². The van der Waals surface area contributed by atoms with E-state index in [1.807, 2.05) is 4.90 Å². The Labute approximate surface area is 233 Å². The van der Waals surface area contributed by atoms with Gasteiger partial charge in [0.05, 0.1) is 13.0 Å². The zero-order valence-corrected chi connectivity index (χ0v) is 25.1. The fourth-order valence-corrected chi connectivity index (χ4v) is 4.48. The number of hydrogen-bond donors (Lipinski definition) is 0. The molecule has 0 N–H and O–H groups in total. The summed E-state index contributed by atoms with van der Waals surface area (Å²) < 4.78 is 15.3. The number of esters is 3. The van der Waals surface area contributed by atoms with E-state index < -0.39 is 0 Å². The predicted molar refractivity (Wildman–Crippen MR) is 154 cm³/mol. The molecule has 0 aromatic carbocycles. The van der Waals surface area contributed by atoms with Crippen molar-refractivity contribution in [2.24, 2.45) is 0 Å². The molecule has 0 saturated carbocycles. The van der Waals surface area contributed by atoms with Gasteiger partial charge in [-0.05, 0) is 6.42 Å². The van der Waals surface area contributed by atoms with Gasteiger partial charge < -0.3 is 14.2 Å². The normalized spacial score (nSPS) is 11.1. The van der Waals surface area contributed by atoms with Gasteiger partial charge in [-0.1, -0.05) is 116 Å². The number of hydrogen-bond acceptors (Lipinski definition) is 7. The Bertz CT molecular complexity index is 549. The van der Waals surface area contributed by atoms with E-state index in [1.54, 1.807) is 0 Å². The molecular weight excluding hydrogens is 482 g/mol. The highest BCUT2D eigenvalue weighted by Crippen LogP contribution is 2.14. The summed E-state index contributed by atoms with van der Waals surface area (Å²) in [4.78, 5) is 35.9. The summed E-state index contributed by atoms with van der Waals surface area (Å²) in [5.74, 6) is -0.899. The van der Waals surface area contributed by atoms with Crippen LogP contribution in [0.5, 0.6) is 0 Å². The average Bonchev–Trinajstić information content (AvgIpc) is 2.87. The quantitative estimate of drug-likeness (QED) is 0.0580. The van der Waals surface area contributed by atoms with Crippen molar-refractivity contribution in [3.05, 3.63) is 0 Å². The highest BCUT2D eigenvalue weighted by molar-refractivity contribution is 5.69. The lowest BCUT2D eigenvalue weighted by atomic mass is 10.0. The minimum atomic E-state index is -0.339. The minimum absolute atomic E-state index is 0.220. The topological polar surface area (TPSA) is 82.1 Å². The van der Waals surface area contributed by atoms with Crippen LogP contribution < -0.4 is 0 Å². The van der Waals surface area contributed by atoms with E-state index in [0.29, 0.717) is 26.2 Å². The van der Waals surface area contributed by atoms with Gasteiger partial charge in [0.2, 0.25) is 0 Å². The van der Waals surface area contributed by atoms with Crippen LogP contribution >= 0.6 is 0 Å². The molecule has 0 aromatic rings. The summed E-state index contributed by atoms with van der Waals surface area (Å²) in [5.41, 5.74) is 0. The summed E-state index contributed by atoms with van der Waals surface area (Å²) in [6, 6.07) is 0. The first-order valence-corrected chi connectivity index (χ1v) is 15.6. The van der Waals surface area contributed by atoms with E-state index in [4.69, 9.17) is 14.2 Å². The van der Waals surface area contributed by atoms with E-state index in [1.165, 1.54) is 117 Å². The van der Waals surface area contributed by atoms with Crippen LogP contribution in [0.25, 0.3) is 0 Å². The zero-order valence-electron chi connectivity index (χ0n) is 25.1. The molecular formula is C31H59NO6. The minimum Gasteiger partial charge on any atom is -0.466 e. The molecule has 0 fully saturated rings. The maximum absolute atomic E-state index is 12.1. The maximum Gasteiger partial charge on any atom is 0.307 e. The molecule has 7 nitrogen and oxygen atoms in total. The third-order valence-electron chi connectivity index (χ3n) is 6.82. The van der Waals surface area contributed by atoms with E-state index in [9.17, 15) is 14.4 Å². The predicted octanol–water partition coefficient (Wildman–Crippen LogP) is 7.39. The Balaban J connectivity index is 3.54. The van der Waals surface area contributed by atoms with Gasteiger partial charge >= 0.3 is 17.9 Å². The number of rotatable bonds is 28. The van der Waals surface area contributed by atoms with Gasteiger partial charge in [-0.2, -0.15) is 0 Å². The first-order valence-electron chi connectivity index (χ1n) is 15.6. The van der Waals surface area contributed by atoms with E-state index >= 15 is 0 Å². The van der Waals surface area contributed by atoms with Crippen molar-refractivity contribution < 1.29 is 28.6 Å². The Hall–Kier alpha value is -1.63. The molecule has 0 amide bonds. The molecule has 224 valence electrons. The van der Waals surface area contributed by atoms with Gasteiger partial charge in [0.25, 0.3) is 0 Å². The number of carbonyl (C=O) groups excluding carboxylic acids is 3. The van der Waals surface area contributed by atoms with Gasteiger partial charge in [0.15, 0.2) is 0 Å². The first kappa shape index (κ1) is 36.4. The summed E-state index contributed by atoms with van der Waals surface area (Å²) >= 11 is 0. The number of unbranched alkanes of at least 4 members (excludes halogenated alkanes) is 17. The van der Waals surface area contributed by atoms with Crippen molar-refractivity contribution in [2.45, 2.75) is 143 Å². The summed E-state index contributed by atoms with van der Waals surface area (Å²) in [6.07, 6.45) is 24.3. The molecule has 7 heteroatoms. The SMILES string of the molecule is CCCCCCCCCCCCCCCCCCCCOC(=O)CCN(CCOC(C)=O)CCOC(C)=O. The number of carbonyl (C=O) groups is 3. The van der Waals surface area contributed by atoms with Crippen LogP contribution in [-0.4, -0.2) is 62.3 Å². The van der Waals surface area contributed by atoms with Crippen molar-refractivity contribution >= 4 is 17.9 Å². The lowest BCUT2D eigenvalue weighted by Crippen LogP contribution is -2.34. The maximum atomic E-state index is 12.1. The Morgan fingerprint density at radius 1 is 0.474 bits per heavy atom. The Morgan fingerprint density at radius 3 is 1.21 bits per heavy atom. The van der Waals surface area contributed by atoms with E-state index in [-0.39, 0.29) is 37.5 Å². The molecule has 0 radical (unpaired) electrons. The van der Waals surface area contributed by atoms with Crippen molar-refractivity contribution in [3.8, 4) is 0 Å². The van der Waals surface area contributed by atoms with Crippen LogP contribution in [0.1, 0.15) is 143 Å². The number of ether oxygens (including phenoxy) is 3.